The summed E-state index contributed by atoms with van der Waals surface area (Å²) in [4.78, 5) is 11.2. The number of ether oxygens (including phenoxy) is 4. The van der Waals surface area contributed by atoms with Crippen molar-refractivity contribution in [3.8, 4) is 17.2 Å². The summed E-state index contributed by atoms with van der Waals surface area (Å²) in [6.45, 7) is 4.57. The maximum atomic E-state index is 11.2. The second-order valence-electron chi connectivity index (χ2n) is 6.40. The molecule has 0 saturated heterocycles. The molecule has 0 spiro atoms. The minimum absolute atomic E-state index is 0.321. The van der Waals surface area contributed by atoms with E-state index < -0.39 is 12.1 Å². The zero-order valence-corrected chi connectivity index (χ0v) is 17.3. The minimum atomic E-state index is -0.956. The van der Waals surface area contributed by atoms with Gasteiger partial charge in [-0.05, 0) is 60.9 Å². The Labute approximate surface area is 171 Å². The zero-order valence-electron chi connectivity index (χ0n) is 17.3. The quantitative estimate of drug-likeness (QED) is 0.609. The van der Waals surface area contributed by atoms with Crippen LogP contribution in [0.15, 0.2) is 48.5 Å². The summed E-state index contributed by atoms with van der Waals surface area (Å²) in [5.41, 5.74) is 2.97. The van der Waals surface area contributed by atoms with Gasteiger partial charge in [0.25, 0.3) is 0 Å². The number of rotatable bonds is 11. The lowest BCUT2D eigenvalue weighted by atomic mass is 10.1. The Morgan fingerprint density at radius 2 is 1.76 bits per heavy atom. The lowest BCUT2D eigenvalue weighted by Crippen LogP contribution is -2.26. The van der Waals surface area contributed by atoms with Crippen LogP contribution in [0, 0.1) is 0 Å². The molecule has 0 unspecified atom stereocenters. The van der Waals surface area contributed by atoms with E-state index in [1.165, 1.54) is 0 Å². The number of aliphatic carboxylic acids is 1. The monoisotopic (exact) mass is 400 g/mol. The highest BCUT2D eigenvalue weighted by atomic mass is 16.5. The molecule has 0 saturated carbocycles. The molecule has 0 amide bonds. The van der Waals surface area contributed by atoms with Crippen LogP contribution in [0.1, 0.15) is 25.0 Å². The van der Waals surface area contributed by atoms with E-state index in [2.05, 4.69) is 0 Å². The minimum Gasteiger partial charge on any atom is -0.493 e. The van der Waals surface area contributed by atoms with Gasteiger partial charge in [-0.25, -0.2) is 4.79 Å². The number of carboxylic acids is 1. The van der Waals surface area contributed by atoms with E-state index in [-0.39, 0.29) is 0 Å². The van der Waals surface area contributed by atoms with Crippen LogP contribution in [0.5, 0.6) is 17.2 Å². The van der Waals surface area contributed by atoms with Crippen LogP contribution in [-0.2, 0) is 16.0 Å². The molecule has 0 aromatic heterocycles. The van der Waals surface area contributed by atoms with E-state index in [0.29, 0.717) is 36.9 Å². The van der Waals surface area contributed by atoms with Gasteiger partial charge in [-0.3, -0.25) is 0 Å². The highest BCUT2D eigenvalue weighted by molar-refractivity contribution is 5.72. The first-order chi connectivity index (χ1) is 14.0. The molecule has 6 heteroatoms. The Balaban J connectivity index is 1.95. The number of carboxylic acid groups (broad SMARTS) is 1. The topological polar surface area (TPSA) is 74.2 Å². The summed E-state index contributed by atoms with van der Waals surface area (Å²) in [6.07, 6.45) is 1.48. The van der Waals surface area contributed by atoms with E-state index >= 15 is 0 Å². The van der Waals surface area contributed by atoms with Crippen LogP contribution < -0.4 is 14.2 Å². The van der Waals surface area contributed by atoms with Gasteiger partial charge in [-0.2, -0.15) is 0 Å². The summed E-state index contributed by atoms with van der Waals surface area (Å²) in [5.74, 6) is 1.13. The molecule has 0 heterocycles. The maximum Gasteiger partial charge on any atom is 0.333 e. The van der Waals surface area contributed by atoms with Crippen LogP contribution in [0.2, 0.25) is 0 Å². The van der Waals surface area contributed by atoms with E-state index in [4.69, 9.17) is 18.9 Å². The summed E-state index contributed by atoms with van der Waals surface area (Å²) >= 11 is 0. The van der Waals surface area contributed by atoms with Crippen molar-refractivity contribution in [2.75, 3.05) is 27.4 Å². The summed E-state index contributed by atoms with van der Waals surface area (Å²) in [6, 6.07) is 13.2. The SMILES string of the molecule is CCO[C@@H](Cc1ccc(OC/C=C(\C)c2ccc(OC)c(OC)c2)cc1)C(=O)O. The molecule has 2 rings (SSSR count). The van der Waals surface area contributed by atoms with Gasteiger partial charge in [0, 0.05) is 13.0 Å². The first-order valence-corrected chi connectivity index (χ1v) is 9.43. The molecule has 2 aromatic carbocycles. The molecule has 0 fully saturated rings. The Hall–Kier alpha value is -2.99. The molecule has 29 heavy (non-hydrogen) atoms. The number of benzene rings is 2. The van der Waals surface area contributed by atoms with Crippen LogP contribution >= 0.6 is 0 Å². The third-order valence-electron chi connectivity index (χ3n) is 4.47. The Morgan fingerprint density at radius 3 is 2.34 bits per heavy atom. The predicted octanol–water partition coefficient (Wildman–Crippen LogP) is 4.22. The van der Waals surface area contributed by atoms with Gasteiger partial charge < -0.3 is 24.1 Å². The maximum absolute atomic E-state index is 11.2. The normalized spacial score (nSPS) is 12.3. The molecular weight excluding hydrogens is 372 g/mol. The van der Waals surface area contributed by atoms with Gasteiger partial charge in [-0.1, -0.05) is 18.2 Å². The molecule has 1 N–H and O–H groups in total. The molecule has 0 aliphatic carbocycles. The van der Waals surface area contributed by atoms with E-state index in [9.17, 15) is 9.90 Å². The number of carbonyl (C=O) groups is 1. The number of hydrogen-bond acceptors (Lipinski definition) is 5. The number of allylic oxidation sites excluding steroid dienone is 1. The van der Waals surface area contributed by atoms with E-state index in [1.54, 1.807) is 21.1 Å². The predicted molar refractivity (Wildman–Crippen MR) is 112 cm³/mol. The smallest absolute Gasteiger partial charge is 0.333 e. The van der Waals surface area contributed by atoms with E-state index in [0.717, 1.165) is 16.7 Å². The standard InChI is InChI=1S/C23H28O6/c1-5-28-22(23(24)25)14-17-6-9-19(10-7-17)29-13-12-16(2)18-8-11-20(26-3)21(15-18)27-4/h6-12,15,22H,5,13-14H2,1-4H3,(H,24,25)/b16-12+/t22-/m0/s1. The molecule has 0 radical (unpaired) electrons. The fraction of sp³-hybridized carbons (Fsp3) is 0.348. The van der Waals surface area contributed by atoms with Crippen molar-refractivity contribution in [1.29, 1.82) is 0 Å². The van der Waals surface area contributed by atoms with Crippen molar-refractivity contribution in [2.24, 2.45) is 0 Å². The molecule has 156 valence electrons. The van der Waals surface area contributed by atoms with Crippen molar-refractivity contribution in [2.45, 2.75) is 26.4 Å². The van der Waals surface area contributed by atoms with Gasteiger partial charge >= 0.3 is 5.97 Å². The molecular formula is C23H28O6. The highest BCUT2D eigenvalue weighted by Crippen LogP contribution is 2.30. The van der Waals surface area contributed by atoms with Gasteiger partial charge in [0.2, 0.25) is 0 Å². The fourth-order valence-corrected chi connectivity index (χ4v) is 2.82. The van der Waals surface area contributed by atoms with Gasteiger partial charge in [0.1, 0.15) is 12.4 Å². The lowest BCUT2D eigenvalue weighted by Gasteiger charge is -2.13. The number of methoxy groups -OCH3 is 2. The molecule has 1 atom stereocenters. The second-order valence-corrected chi connectivity index (χ2v) is 6.40. The first kappa shape index (κ1) is 22.3. The number of hydrogen-bond donors (Lipinski definition) is 1. The lowest BCUT2D eigenvalue weighted by molar-refractivity contribution is -0.149. The first-order valence-electron chi connectivity index (χ1n) is 9.43. The summed E-state index contributed by atoms with van der Waals surface area (Å²) in [5, 5.41) is 9.17. The average molecular weight is 400 g/mol. The van der Waals surface area contributed by atoms with Crippen LogP contribution in [0.25, 0.3) is 5.57 Å². The van der Waals surface area contributed by atoms with Crippen LogP contribution in [-0.4, -0.2) is 44.6 Å². The Kier molecular flexibility index (Phi) is 8.55. The Bertz CT molecular complexity index is 826. The van der Waals surface area contributed by atoms with Crippen molar-refractivity contribution in [1.82, 2.24) is 0 Å². The molecule has 6 nitrogen and oxygen atoms in total. The highest BCUT2D eigenvalue weighted by Gasteiger charge is 2.17. The largest absolute Gasteiger partial charge is 0.493 e. The molecule has 0 bridgehead atoms. The van der Waals surface area contributed by atoms with Crippen LogP contribution in [0.3, 0.4) is 0 Å². The van der Waals surface area contributed by atoms with E-state index in [1.807, 2.05) is 55.5 Å². The van der Waals surface area contributed by atoms with Gasteiger partial charge in [0.15, 0.2) is 17.6 Å². The van der Waals surface area contributed by atoms with Gasteiger partial charge in [-0.15, -0.1) is 0 Å². The molecule has 2 aromatic rings. The molecule has 0 aliphatic heterocycles. The third-order valence-corrected chi connectivity index (χ3v) is 4.47. The van der Waals surface area contributed by atoms with Crippen molar-refractivity contribution >= 4 is 11.5 Å². The average Bonchev–Trinajstić information content (AvgIpc) is 2.73. The van der Waals surface area contributed by atoms with Crippen molar-refractivity contribution < 1.29 is 28.8 Å². The fourth-order valence-electron chi connectivity index (χ4n) is 2.82. The second kappa shape index (κ2) is 11.1. The molecule has 0 aliphatic rings. The Morgan fingerprint density at radius 1 is 1.07 bits per heavy atom. The van der Waals surface area contributed by atoms with Gasteiger partial charge in [0.05, 0.1) is 14.2 Å². The summed E-state index contributed by atoms with van der Waals surface area (Å²) in [7, 11) is 3.22. The summed E-state index contributed by atoms with van der Waals surface area (Å²) < 4.78 is 21.6. The van der Waals surface area contributed by atoms with Crippen molar-refractivity contribution in [3.05, 3.63) is 59.7 Å². The van der Waals surface area contributed by atoms with Crippen molar-refractivity contribution in [3.63, 3.8) is 0 Å². The van der Waals surface area contributed by atoms with Crippen LogP contribution in [0.4, 0.5) is 0 Å². The zero-order chi connectivity index (χ0) is 21.2. The third kappa shape index (κ3) is 6.54.